The number of allylic oxidation sites excluding steroid dienone is 2. The average molecular weight is 181 g/mol. The Balaban J connectivity index is 4.44. The molecule has 0 amide bonds. The smallest absolute Gasteiger partial charge is 0.0329 e. The Labute approximate surface area is 83.0 Å². The van der Waals surface area contributed by atoms with E-state index < -0.39 is 0 Å². The zero-order valence-electron chi connectivity index (χ0n) is 9.94. The van der Waals surface area contributed by atoms with Crippen LogP contribution in [0.4, 0.5) is 0 Å². The molecule has 0 aromatic heterocycles. The summed E-state index contributed by atoms with van der Waals surface area (Å²) in [6, 6.07) is 0. The fourth-order valence-electron chi connectivity index (χ4n) is 1.17. The fraction of sp³-hybridized carbons (Fsp3) is 0.750. The average Bonchev–Trinajstić information content (AvgIpc) is 2.00. The summed E-state index contributed by atoms with van der Waals surface area (Å²) >= 11 is 0. The molecule has 0 saturated carbocycles. The van der Waals surface area contributed by atoms with E-state index >= 15 is 0 Å². The van der Waals surface area contributed by atoms with Gasteiger partial charge in [0.05, 0.1) is 0 Å². The summed E-state index contributed by atoms with van der Waals surface area (Å²) in [6.45, 7) is 13.0. The Hall–Kier alpha value is -0.590. The van der Waals surface area contributed by atoms with Crippen LogP contribution in [0.5, 0.6) is 0 Å². The maximum absolute atomic E-state index is 4.58. The van der Waals surface area contributed by atoms with Crippen molar-refractivity contribution in [3.8, 4) is 0 Å². The molecule has 1 heteroatoms. The van der Waals surface area contributed by atoms with E-state index in [1.54, 1.807) is 0 Å². The van der Waals surface area contributed by atoms with Gasteiger partial charge in [-0.05, 0) is 32.1 Å². The Kier molecular flexibility index (Phi) is 4.97. The first-order chi connectivity index (χ1) is 5.89. The van der Waals surface area contributed by atoms with E-state index in [2.05, 4.69) is 45.7 Å². The maximum atomic E-state index is 4.58. The van der Waals surface area contributed by atoms with Crippen molar-refractivity contribution in [1.29, 1.82) is 0 Å². The molecule has 13 heavy (non-hydrogen) atoms. The van der Waals surface area contributed by atoms with Crippen LogP contribution in [0.25, 0.3) is 0 Å². The molecule has 0 aromatic rings. The Morgan fingerprint density at radius 1 is 1.31 bits per heavy atom. The van der Waals surface area contributed by atoms with Crippen LogP contribution >= 0.6 is 0 Å². The fourth-order valence-corrected chi connectivity index (χ4v) is 1.17. The van der Waals surface area contributed by atoms with Gasteiger partial charge >= 0.3 is 0 Å². The molecule has 0 heterocycles. The normalized spacial score (nSPS) is 14.9. The molecule has 76 valence electrons. The second kappa shape index (κ2) is 5.21. The molecule has 0 radical (unpaired) electrons. The second-order valence-electron chi connectivity index (χ2n) is 4.70. The van der Waals surface area contributed by atoms with Gasteiger partial charge in [-0.2, -0.15) is 0 Å². The van der Waals surface area contributed by atoms with Crippen molar-refractivity contribution in [2.45, 2.75) is 54.4 Å². The van der Waals surface area contributed by atoms with Crippen molar-refractivity contribution in [1.82, 2.24) is 0 Å². The minimum atomic E-state index is 0.350. The first kappa shape index (κ1) is 12.4. The number of aliphatic imine (C=N–C) groups is 1. The third-order valence-electron chi connectivity index (χ3n) is 1.89. The van der Waals surface area contributed by atoms with Crippen LogP contribution in [0.2, 0.25) is 0 Å². The summed E-state index contributed by atoms with van der Waals surface area (Å²) in [4.78, 5) is 4.58. The lowest BCUT2D eigenvalue weighted by Gasteiger charge is -2.18. The third-order valence-corrected chi connectivity index (χ3v) is 1.89. The first-order valence-corrected chi connectivity index (χ1v) is 5.08. The quantitative estimate of drug-likeness (QED) is 0.579. The first-order valence-electron chi connectivity index (χ1n) is 5.08. The minimum absolute atomic E-state index is 0.350. The zero-order chi connectivity index (χ0) is 10.5. The van der Waals surface area contributed by atoms with Crippen LogP contribution in [-0.4, -0.2) is 5.71 Å². The summed E-state index contributed by atoms with van der Waals surface area (Å²) in [5, 5.41) is 0. The molecule has 0 rings (SSSR count). The summed E-state index contributed by atoms with van der Waals surface area (Å²) in [5.74, 6) is 0. The van der Waals surface area contributed by atoms with Crippen LogP contribution in [0, 0.1) is 5.41 Å². The lowest BCUT2D eigenvalue weighted by Crippen LogP contribution is -2.12. The molecular formula is C12H23N. The van der Waals surface area contributed by atoms with Gasteiger partial charge in [0, 0.05) is 11.4 Å². The van der Waals surface area contributed by atoms with Crippen LogP contribution < -0.4 is 0 Å². The topological polar surface area (TPSA) is 12.4 Å². The minimum Gasteiger partial charge on any atom is -0.263 e. The van der Waals surface area contributed by atoms with Crippen LogP contribution in [0.3, 0.4) is 0 Å². The Bertz CT molecular complexity index is 204. The predicted molar refractivity (Wildman–Crippen MR) is 61.2 cm³/mol. The molecule has 0 saturated heterocycles. The molecule has 0 aliphatic rings. The molecule has 0 bridgehead atoms. The number of rotatable bonds is 3. The van der Waals surface area contributed by atoms with Gasteiger partial charge in [-0.1, -0.05) is 33.8 Å². The van der Waals surface area contributed by atoms with Gasteiger partial charge < -0.3 is 0 Å². The molecule has 0 aromatic carbocycles. The highest BCUT2D eigenvalue weighted by Crippen LogP contribution is 2.20. The standard InChI is InChI=1S/C12H23N/c1-7-10(3)13-11(8-2)9-12(4,5)6/h7H,8-9H2,1-6H3/b10-7-,13-11+. The van der Waals surface area contributed by atoms with E-state index in [1.807, 2.05) is 6.92 Å². The van der Waals surface area contributed by atoms with Crippen LogP contribution in [-0.2, 0) is 0 Å². The van der Waals surface area contributed by atoms with E-state index in [1.165, 1.54) is 5.71 Å². The number of nitrogens with zero attached hydrogens (tertiary/aromatic N) is 1. The Morgan fingerprint density at radius 2 is 1.85 bits per heavy atom. The van der Waals surface area contributed by atoms with Crippen molar-refractivity contribution >= 4 is 5.71 Å². The summed E-state index contributed by atoms with van der Waals surface area (Å²) in [5.41, 5.74) is 2.78. The van der Waals surface area contributed by atoms with Crippen molar-refractivity contribution in [2.75, 3.05) is 0 Å². The van der Waals surface area contributed by atoms with Crippen molar-refractivity contribution in [3.63, 3.8) is 0 Å². The lowest BCUT2D eigenvalue weighted by atomic mass is 9.89. The SMILES string of the molecule is C/C=C(C)\N=C(/CC)CC(C)(C)C. The molecule has 0 aliphatic heterocycles. The van der Waals surface area contributed by atoms with E-state index in [-0.39, 0.29) is 0 Å². The maximum Gasteiger partial charge on any atom is 0.0329 e. The highest BCUT2D eigenvalue weighted by molar-refractivity contribution is 5.85. The lowest BCUT2D eigenvalue weighted by molar-refractivity contribution is 0.431. The summed E-state index contributed by atoms with van der Waals surface area (Å²) < 4.78 is 0. The van der Waals surface area contributed by atoms with E-state index in [0.717, 1.165) is 18.5 Å². The van der Waals surface area contributed by atoms with Crippen molar-refractivity contribution in [3.05, 3.63) is 11.8 Å². The van der Waals surface area contributed by atoms with Crippen LogP contribution in [0.1, 0.15) is 54.4 Å². The molecular weight excluding hydrogens is 158 g/mol. The van der Waals surface area contributed by atoms with Gasteiger partial charge in [-0.25, -0.2) is 0 Å². The van der Waals surface area contributed by atoms with Gasteiger partial charge in [0.1, 0.15) is 0 Å². The highest BCUT2D eigenvalue weighted by Gasteiger charge is 2.12. The van der Waals surface area contributed by atoms with Gasteiger partial charge in [-0.3, -0.25) is 4.99 Å². The zero-order valence-corrected chi connectivity index (χ0v) is 9.94. The van der Waals surface area contributed by atoms with E-state index in [0.29, 0.717) is 5.41 Å². The van der Waals surface area contributed by atoms with E-state index in [9.17, 15) is 0 Å². The molecule has 1 nitrogen and oxygen atoms in total. The van der Waals surface area contributed by atoms with Crippen molar-refractivity contribution in [2.24, 2.45) is 10.4 Å². The summed E-state index contributed by atoms with van der Waals surface area (Å²) in [7, 11) is 0. The molecule has 0 spiro atoms. The van der Waals surface area contributed by atoms with Gasteiger partial charge in [0.25, 0.3) is 0 Å². The number of hydrogen-bond acceptors (Lipinski definition) is 1. The van der Waals surface area contributed by atoms with Crippen LogP contribution in [0.15, 0.2) is 16.8 Å². The van der Waals surface area contributed by atoms with Gasteiger partial charge in [0.2, 0.25) is 0 Å². The molecule has 0 unspecified atom stereocenters. The van der Waals surface area contributed by atoms with Gasteiger partial charge in [-0.15, -0.1) is 0 Å². The third kappa shape index (κ3) is 6.56. The largest absolute Gasteiger partial charge is 0.263 e. The van der Waals surface area contributed by atoms with E-state index in [4.69, 9.17) is 0 Å². The molecule has 0 aliphatic carbocycles. The highest BCUT2D eigenvalue weighted by atomic mass is 14.7. The monoisotopic (exact) mass is 181 g/mol. The summed E-state index contributed by atoms with van der Waals surface area (Å²) in [6.07, 6.45) is 4.20. The van der Waals surface area contributed by atoms with Gasteiger partial charge in [0.15, 0.2) is 0 Å². The molecule has 0 N–H and O–H groups in total. The predicted octanol–water partition coefficient (Wildman–Crippen LogP) is 4.20. The molecule has 0 atom stereocenters. The number of hydrogen-bond donors (Lipinski definition) is 0. The van der Waals surface area contributed by atoms with Crippen molar-refractivity contribution < 1.29 is 0 Å². The Morgan fingerprint density at radius 3 is 2.15 bits per heavy atom. The molecule has 0 fully saturated rings. The second-order valence-corrected chi connectivity index (χ2v) is 4.70.